The number of aryl methyl sites for hydroxylation is 1. The van der Waals surface area contributed by atoms with Crippen molar-refractivity contribution >= 4 is 33.2 Å². The molecule has 0 atom stereocenters. The van der Waals surface area contributed by atoms with E-state index in [1.165, 1.54) is 16.4 Å². The number of rotatable bonds is 8. The molecule has 0 unspecified atom stereocenters. The van der Waals surface area contributed by atoms with E-state index in [0.29, 0.717) is 23.4 Å². The topological polar surface area (TPSA) is 110 Å². The summed E-state index contributed by atoms with van der Waals surface area (Å²) in [4.78, 5) is 23.1. The van der Waals surface area contributed by atoms with Crippen molar-refractivity contribution in [2.75, 3.05) is 22.4 Å². The number of nitrogens with two attached hydrogens (primary N) is 1. The lowest BCUT2D eigenvalue weighted by Crippen LogP contribution is -2.32. The summed E-state index contributed by atoms with van der Waals surface area (Å²) in [6.45, 7) is 2.05. The normalized spacial score (nSPS) is 11.0. The molecule has 0 radical (unpaired) electrons. The van der Waals surface area contributed by atoms with Gasteiger partial charge in [0, 0.05) is 24.2 Å². The number of hydrogen-bond acceptors (Lipinski definition) is 4. The van der Waals surface area contributed by atoms with Crippen LogP contribution >= 0.6 is 0 Å². The maximum absolute atomic E-state index is 12.1. The van der Waals surface area contributed by atoms with Gasteiger partial charge in [0.05, 0.1) is 11.9 Å². The number of carbonyl (C=O) groups excluding carboxylic acids is 2. The SMILES string of the molecule is Cc1ccccc1N(CCCC(=O)Nc1ccc(C(N)=O)cc1)S(C)(=O)=O. The molecule has 27 heavy (non-hydrogen) atoms. The highest BCUT2D eigenvalue weighted by Gasteiger charge is 2.19. The number of sulfonamides is 1. The number of para-hydroxylation sites is 1. The van der Waals surface area contributed by atoms with Crippen LogP contribution in [0.1, 0.15) is 28.8 Å². The van der Waals surface area contributed by atoms with Crippen LogP contribution in [0.2, 0.25) is 0 Å². The lowest BCUT2D eigenvalue weighted by Gasteiger charge is -2.24. The van der Waals surface area contributed by atoms with Crippen LogP contribution in [0.4, 0.5) is 11.4 Å². The van der Waals surface area contributed by atoms with Gasteiger partial charge in [-0.2, -0.15) is 0 Å². The van der Waals surface area contributed by atoms with E-state index in [-0.39, 0.29) is 18.9 Å². The molecular weight excluding hydrogens is 366 g/mol. The van der Waals surface area contributed by atoms with Crippen LogP contribution in [-0.4, -0.2) is 33.0 Å². The summed E-state index contributed by atoms with van der Waals surface area (Å²) in [6, 6.07) is 13.5. The van der Waals surface area contributed by atoms with Gasteiger partial charge in [0.1, 0.15) is 0 Å². The number of carbonyl (C=O) groups is 2. The van der Waals surface area contributed by atoms with Gasteiger partial charge in [0.25, 0.3) is 0 Å². The van der Waals surface area contributed by atoms with Gasteiger partial charge in [-0.05, 0) is 49.2 Å². The number of nitrogens with one attached hydrogen (secondary N) is 1. The Balaban J connectivity index is 1.95. The zero-order valence-corrected chi connectivity index (χ0v) is 16.1. The summed E-state index contributed by atoms with van der Waals surface area (Å²) in [5, 5.41) is 2.71. The quantitative estimate of drug-likeness (QED) is 0.722. The summed E-state index contributed by atoms with van der Waals surface area (Å²) in [7, 11) is -3.45. The first-order chi connectivity index (χ1) is 12.7. The number of hydrogen-bond donors (Lipinski definition) is 2. The predicted molar refractivity (Wildman–Crippen MR) is 106 cm³/mol. The van der Waals surface area contributed by atoms with Crippen LogP contribution in [0, 0.1) is 6.92 Å². The highest BCUT2D eigenvalue weighted by atomic mass is 32.2. The molecule has 0 spiro atoms. The Morgan fingerprint density at radius 2 is 1.70 bits per heavy atom. The van der Waals surface area contributed by atoms with Gasteiger partial charge in [-0.15, -0.1) is 0 Å². The number of primary amides is 1. The number of benzene rings is 2. The zero-order chi connectivity index (χ0) is 20.0. The zero-order valence-electron chi connectivity index (χ0n) is 15.3. The molecule has 2 rings (SSSR count). The average molecular weight is 389 g/mol. The fourth-order valence-electron chi connectivity index (χ4n) is 2.63. The molecule has 0 heterocycles. The van der Waals surface area contributed by atoms with E-state index in [1.54, 1.807) is 24.3 Å². The van der Waals surface area contributed by atoms with Crippen molar-refractivity contribution < 1.29 is 18.0 Å². The minimum Gasteiger partial charge on any atom is -0.366 e. The van der Waals surface area contributed by atoms with Crippen molar-refractivity contribution in [3.63, 3.8) is 0 Å². The van der Waals surface area contributed by atoms with E-state index in [4.69, 9.17) is 5.73 Å². The third kappa shape index (κ3) is 5.82. The molecule has 0 bridgehead atoms. The Morgan fingerprint density at radius 1 is 1.07 bits per heavy atom. The molecule has 2 aromatic rings. The van der Waals surface area contributed by atoms with Crippen molar-refractivity contribution in [3.05, 3.63) is 59.7 Å². The Morgan fingerprint density at radius 3 is 2.26 bits per heavy atom. The van der Waals surface area contributed by atoms with Crippen LogP contribution in [0.15, 0.2) is 48.5 Å². The van der Waals surface area contributed by atoms with E-state index in [2.05, 4.69) is 5.32 Å². The van der Waals surface area contributed by atoms with Gasteiger partial charge in [0.15, 0.2) is 0 Å². The van der Waals surface area contributed by atoms with Crippen LogP contribution in [0.25, 0.3) is 0 Å². The van der Waals surface area contributed by atoms with E-state index in [1.807, 2.05) is 19.1 Å². The Bertz CT molecular complexity index is 924. The highest BCUT2D eigenvalue weighted by Crippen LogP contribution is 2.22. The van der Waals surface area contributed by atoms with Crippen molar-refractivity contribution in [1.29, 1.82) is 0 Å². The molecule has 2 aromatic carbocycles. The molecule has 0 fully saturated rings. The van der Waals surface area contributed by atoms with E-state index in [9.17, 15) is 18.0 Å². The fraction of sp³-hybridized carbons (Fsp3) is 0.263. The van der Waals surface area contributed by atoms with Gasteiger partial charge in [-0.1, -0.05) is 18.2 Å². The Hall–Kier alpha value is -2.87. The molecule has 2 amide bonds. The molecule has 8 heteroatoms. The van der Waals surface area contributed by atoms with Crippen molar-refractivity contribution in [1.82, 2.24) is 0 Å². The van der Waals surface area contributed by atoms with E-state index < -0.39 is 15.9 Å². The molecule has 7 nitrogen and oxygen atoms in total. The van der Waals surface area contributed by atoms with E-state index in [0.717, 1.165) is 11.8 Å². The molecular formula is C19H23N3O4S. The smallest absolute Gasteiger partial charge is 0.248 e. The van der Waals surface area contributed by atoms with Gasteiger partial charge < -0.3 is 11.1 Å². The fourth-order valence-corrected chi connectivity index (χ4v) is 3.66. The Labute approximate surface area is 159 Å². The maximum Gasteiger partial charge on any atom is 0.248 e. The predicted octanol–water partition coefficient (Wildman–Crippen LogP) is 2.28. The lowest BCUT2D eigenvalue weighted by atomic mass is 10.2. The van der Waals surface area contributed by atoms with Crippen LogP contribution in [0.5, 0.6) is 0 Å². The largest absolute Gasteiger partial charge is 0.366 e. The first kappa shape index (κ1) is 20.4. The summed E-state index contributed by atoms with van der Waals surface area (Å²) in [5.41, 5.74) is 7.54. The molecule has 144 valence electrons. The molecule has 0 saturated heterocycles. The summed E-state index contributed by atoms with van der Waals surface area (Å²) < 4.78 is 25.6. The maximum atomic E-state index is 12.1. The monoisotopic (exact) mass is 389 g/mol. The molecule has 0 saturated carbocycles. The average Bonchev–Trinajstić information content (AvgIpc) is 2.59. The molecule has 0 aromatic heterocycles. The number of anilines is 2. The van der Waals surface area contributed by atoms with Crippen molar-refractivity contribution in [2.45, 2.75) is 19.8 Å². The van der Waals surface area contributed by atoms with Gasteiger partial charge in [0.2, 0.25) is 21.8 Å². The molecule has 0 aliphatic rings. The summed E-state index contributed by atoms with van der Waals surface area (Å²) >= 11 is 0. The number of amides is 2. The van der Waals surface area contributed by atoms with Gasteiger partial charge in [-0.25, -0.2) is 8.42 Å². The third-order valence-corrected chi connectivity index (χ3v) is 5.18. The molecule has 0 aliphatic carbocycles. The third-order valence-electron chi connectivity index (χ3n) is 4.00. The lowest BCUT2D eigenvalue weighted by molar-refractivity contribution is -0.116. The second-order valence-electron chi connectivity index (χ2n) is 6.21. The van der Waals surface area contributed by atoms with Gasteiger partial charge in [-0.3, -0.25) is 13.9 Å². The Kier molecular flexibility index (Phi) is 6.57. The van der Waals surface area contributed by atoms with Gasteiger partial charge >= 0.3 is 0 Å². The van der Waals surface area contributed by atoms with E-state index >= 15 is 0 Å². The summed E-state index contributed by atoms with van der Waals surface area (Å²) in [5.74, 6) is -0.773. The second kappa shape index (κ2) is 8.68. The minimum absolute atomic E-state index is 0.162. The molecule has 3 N–H and O–H groups in total. The first-order valence-electron chi connectivity index (χ1n) is 8.41. The van der Waals surface area contributed by atoms with Crippen LogP contribution in [0.3, 0.4) is 0 Å². The van der Waals surface area contributed by atoms with Crippen LogP contribution in [-0.2, 0) is 14.8 Å². The summed E-state index contributed by atoms with van der Waals surface area (Å²) in [6.07, 6.45) is 1.68. The minimum atomic E-state index is -3.45. The number of nitrogens with zero attached hydrogens (tertiary/aromatic N) is 1. The van der Waals surface area contributed by atoms with Crippen LogP contribution < -0.4 is 15.4 Å². The first-order valence-corrected chi connectivity index (χ1v) is 10.3. The standard InChI is InChI=1S/C19H23N3O4S/c1-14-6-3-4-7-17(14)22(27(2,25)26)13-5-8-18(23)21-16-11-9-15(10-12-16)19(20)24/h3-4,6-7,9-12H,5,8,13H2,1-2H3,(H2,20,24)(H,21,23). The molecule has 0 aliphatic heterocycles. The second-order valence-corrected chi connectivity index (χ2v) is 8.12. The highest BCUT2D eigenvalue weighted by molar-refractivity contribution is 7.92. The van der Waals surface area contributed by atoms with Crippen molar-refractivity contribution in [2.24, 2.45) is 5.73 Å². The van der Waals surface area contributed by atoms with Crippen molar-refractivity contribution in [3.8, 4) is 0 Å².